The normalized spacial score (nSPS) is 14.9. The van der Waals surface area contributed by atoms with E-state index >= 15 is 0 Å². The summed E-state index contributed by atoms with van der Waals surface area (Å²) in [7, 11) is 0. The zero-order chi connectivity index (χ0) is 22.8. The SMILES string of the molecule is NC(=O)C1COc2cc(NC(=O)Nc3ccc4cc[nH]c4c3)ccc2N1Cc1ccccc1. The minimum Gasteiger partial charge on any atom is -0.489 e. The van der Waals surface area contributed by atoms with Crippen molar-refractivity contribution >= 4 is 39.9 Å². The largest absolute Gasteiger partial charge is 0.489 e. The summed E-state index contributed by atoms with van der Waals surface area (Å²) in [6.45, 7) is 0.653. The van der Waals surface area contributed by atoms with E-state index in [4.69, 9.17) is 10.5 Å². The van der Waals surface area contributed by atoms with Gasteiger partial charge in [0.1, 0.15) is 18.4 Å². The summed E-state index contributed by atoms with van der Waals surface area (Å²) in [4.78, 5) is 29.6. The Bertz CT molecular complexity index is 1320. The van der Waals surface area contributed by atoms with Gasteiger partial charge in [-0.3, -0.25) is 4.79 Å². The van der Waals surface area contributed by atoms with Crippen molar-refractivity contribution in [2.24, 2.45) is 5.73 Å². The van der Waals surface area contributed by atoms with Crippen LogP contribution in [0.1, 0.15) is 5.56 Å². The van der Waals surface area contributed by atoms with E-state index in [1.54, 1.807) is 12.1 Å². The van der Waals surface area contributed by atoms with Crippen LogP contribution in [0, 0.1) is 0 Å². The molecule has 2 heterocycles. The molecule has 0 saturated carbocycles. The number of carbonyl (C=O) groups excluding carboxylic acids is 2. The number of benzene rings is 3. The Morgan fingerprint density at radius 2 is 1.76 bits per heavy atom. The number of nitrogens with two attached hydrogens (primary N) is 1. The van der Waals surface area contributed by atoms with Crippen LogP contribution in [0.25, 0.3) is 10.9 Å². The summed E-state index contributed by atoms with van der Waals surface area (Å²) in [5, 5.41) is 6.74. The first-order chi connectivity index (χ1) is 16.1. The van der Waals surface area contributed by atoms with Crippen molar-refractivity contribution in [3.63, 3.8) is 0 Å². The third-order valence-electron chi connectivity index (χ3n) is 5.64. The van der Waals surface area contributed by atoms with E-state index < -0.39 is 11.9 Å². The molecule has 8 heteroatoms. The summed E-state index contributed by atoms with van der Waals surface area (Å²) in [5.41, 5.74) is 9.63. The van der Waals surface area contributed by atoms with E-state index in [2.05, 4.69) is 15.6 Å². The maximum absolute atomic E-state index is 12.5. The van der Waals surface area contributed by atoms with E-state index in [1.165, 1.54) is 0 Å². The number of nitrogens with zero attached hydrogens (tertiary/aromatic N) is 1. The van der Waals surface area contributed by atoms with Gasteiger partial charge in [0.15, 0.2) is 0 Å². The number of rotatable bonds is 5. The number of amides is 3. The maximum Gasteiger partial charge on any atom is 0.323 e. The average Bonchev–Trinajstić information content (AvgIpc) is 3.27. The highest BCUT2D eigenvalue weighted by atomic mass is 16.5. The van der Waals surface area contributed by atoms with Crippen LogP contribution in [0.5, 0.6) is 5.75 Å². The summed E-state index contributed by atoms with van der Waals surface area (Å²) in [6, 6.07) is 21.9. The molecule has 3 aromatic carbocycles. The van der Waals surface area contributed by atoms with Crippen LogP contribution in [0.15, 0.2) is 79.0 Å². The van der Waals surface area contributed by atoms with Gasteiger partial charge in [-0.25, -0.2) is 4.79 Å². The zero-order valence-corrected chi connectivity index (χ0v) is 17.7. The lowest BCUT2D eigenvalue weighted by Crippen LogP contribution is -2.50. The van der Waals surface area contributed by atoms with Gasteiger partial charge in [0, 0.05) is 35.7 Å². The molecule has 166 valence electrons. The Balaban J connectivity index is 1.33. The number of hydrogen-bond donors (Lipinski definition) is 4. The van der Waals surface area contributed by atoms with Crippen molar-refractivity contribution in [2.75, 3.05) is 22.1 Å². The second kappa shape index (κ2) is 8.58. The molecule has 0 saturated heterocycles. The highest BCUT2D eigenvalue weighted by Crippen LogP contribution is 2.37. The summed E-state index contributed by atoms with van der Waals surface area (Å²) in [5.74, 6) is 0.131. The number of aromatic amines is 1. The molecule has 1 aliphatic heterocycles. The van der Waals surface area contributed by atoms with Crippen molar-refractivity contribution in [1.29, 1.82) is 0 Å². The Morgan fingerprint density at radius 1 is 1.00 bits per heavy atom. The van der Waals surface area contributed by atoms with Crippen LogP contribution in [0.2, 0.25) is 0 Å². The molecule has 1 aliphatic rings. The van der Waals surface area contributed by atoms with Gasteiger partial charge in [0.25, 0.3) is 0 Å². The number of anilines is 3. The fourth-order valence-corrected chi connectivity index (χ4v) is 4.00. The number of fused-ring (bicyclic) bond motifs is 2. The lowest BCUT2D eigenvalue weighted by Gasteiger charge is -2.37. The number of primary amides is 1. The van der Waals surface area contributed by atoms with Crippen LogP contribution >= 0.6 is 0 Å². The number of ether oxygens (including phenoxy) is 1. The minimum atomic E-state index is -0.581. The first kappa shape index (κ1) is 20.4. The van der Waals surface area contributed by atoms with Crippen LogP contribution in [0.4, 0.5) is 21.9 Å². The monoisotopic (exact) mass is 441 g/mol. The number of carbonyl (C=O) groups is 2. The average molecular weight is 441 g/mol. The van der Waals surface area contributed by atoms with E-state index in [-0.39, 0.29) is 12.6 Å². The Labute approximate surface area is 190 Å². The van der Waals surface area contributed by atoms with Crippen molar-refractivity contribution in [2.45, 2.75) is 12.6 Å². The topological polar surface area (TPSA) is 112 Å². The second-order valence-corrected chi connectivity index (χ2v) is 7.88. The molecular formula is C25H23N5O3. The molecule has 1 atom stereocenters. The van der Waals surface area contributed by atoms with Gasteiger partial charge in [-0.15, -0.1) is 0 Å². The number of urea groups is 1. The van der Waals surface area contributed by atoms with Gasteiger partial charge in [-0.05, 0) is 41.3 Å². The molecular weight excluding hydrogens is 418 g/mol. The van der Waals surface area contributed by atoms with Gasteiger partial charge in [0.2, 0.25) is 5.91 Å². The third kappa shape index (κ3) is 4.31. The summed E-state index contributed by atoms with van der Waals surface area (Å²) in [6.07, 6.45) is 1.85. The standard InChI is InChI=1S/C25H23N5O3/c26-24(31)22-15-33-23-13-19(8-9-21(23)30(22)14-16-4-2-1-3-5-16)29-25(32)28-18-7-6-17-10-11-27-20(17)12-18/h1-13,22,27H,14-15H2,(H2,26,31)(H2,28,29,32). The Morgan fingerprint density at radius 3 is 2.55 bits per heavy atom. The first-order valence-electron chi connectivity index (χ1n) is 10.6. The zero-order valence-electron chi connectivity index (χ0n) is 17.7. The minimum absolute atomic E-state index is 0.140. The smallest absolute Gasteiger partial charge is 0.323 e. The van der Waals surface area contributed by atoms with Crippen LogP contribution in [-0.2, 0) is 11.3 Å². The molecule has 33 heavy (non-hydrogen) atoms. The molecule has 0 bridgehead atoms. The molecule has 8 nitrogen and oxygen atoms in total. The van der Waals surface area contributed by atoms with Crippen molar-refractivity contribution < 1.29 is 14.3 Å². The lowest BCUT2D eigenvalue weighted by atomic mass is 10.1. The van der Waals surface area contributed by atoms with E-state index in [1.807, 2.05) is 71.8 Å². The molecule has 3 amide bonds. The van der Waals surface area contributed by atoms with Crippen molar-refractivity contribution in [1.82, 2.24) is 4.98 Å². The van der Waals surface area contributed by atoms with E-state index in [9.17, 15) is 9.59 Å². The van der Waals surface area contributed by atoms with E-state index in [0.717, 1.165) is 22.2 Å². The molecule has 4 aromatic rings. The van der Waals surface area contributed by atoms with Gasteiger partial charge in [0.05, 0.1) is 5.69 Å². The van der Waals surface area contributed by atoms with Gasteiger partial charge < -0.3 is 31.0 Å². The second-order valence-electron chi connectivity index (χ2n) is 7.88. The first-order valence-corrected chi connectivity index (χ1v) is 10.6. The predicted octanol–water partition coefficient (Wildman–Crippen LogP) is 4.06. The Kier molecular flexibility index (Phi) is 5.32. The molecule has 0 radical (unpaired) electrons. The summed E-state index contributed by atoms with van der Waals surface area (Å²) >= 11 is 0. The highest BCUT2D eigenvalue weighted by Gasteiger charge is 2.31. The summed E-state index contributed by atoms with van der Waals surface area (Å²) < 4.78 is 5.83. The predicted molar refractivity (Wildman–Crippen MR) is 128 cm³/mol. The molecule has 0 fully saturated rings. The molecule has 0 spiro atoms. The van der Waals surface area contributed by atoms with Crippen LogP contribution < -0.4 is 26.0 Å². The lowest BCUT2D eigenvalue weighted by molar-refractivity contribution is -0.120. The number of nitrogens with one attached hydrogen (secondary N) is 3. The van der Waals surface area contributed by atoms with E-state index in [0.29, 0.717) is 23.7 Å². The van der Waals surface area contributed by atoms with Gasteiger partial charge in [-0.1, -0.05) is 36.4 Å². The van der Waals surface area contributed by atoms with Gasteiger partial charge in [-0.2, -0.15) is 0 Å². The van der Waals surface area contributed by atoms with Crippen LogP contribution in [-0.4, -0.2) is 29.6 Å². The highest BCUT2D eigenvalue weighted by molar-refractivity contribution is 6.01. The maximum atomic E-state index is 12.5. The quantitative estimate of drug-likeness (QED) is 0.374. The fraction of sp³-hybridized carbons (Fsp3) is 0.120. The third-order valence-corrected chi connectivity index (χ3v) is 5.64. The number of hydrogen-bond acceptors (Lipinski definition) is 4. The molecule has 5 rings (SSSR count). The Hall–Kier alpha value is -4.46. The number of aromatic nitrogens is 1. The molecule has 0 aliphatic carbocycles. The van der Waals surface area contributed by atoms with Crippen molar-refractivity contribution in [3.05, 3.63) is 84.6 Å². The number of H-pyrrole nitrogens is 1. The fourth-order valence-electron chi connectivity index (χ4n) is 4.00. The van der Waals surface area contributed by atoms with Crippen LogP contribution in [0.3, 0.4) is 0 Å². The molecule has 1 unspecified atom stereocenters. The molecule has 5 N–H and O–H groups in total. The molecule has 1 aromatic heterocycles. The van der Waals surface area contributed by atoms with Crippen molar-refractivity contribution in [3.8, 4) is 5.75 Å². The van der Waals surface area contributed by atoms with Gasteiger partial charge >= 0.3 is 6.03 Å².